The van der Waals surface area contributed by atoms with E-state index in [1.54, 1.807) is 6.20 Å². The summed E-state index contributed by atoms with van der Waals surface area (Å²) in [7, 11) is 0. The molecule has 0 fully saturated rings. The van der Waals surface area contributed by atoms with Gasteiger partial charge in [0.25, 0.3) is 0 Å². The molecule has 0 saturated heterocycles. The van der Waals surface area contributed by atoms with E-state index in [1.807, 2.05) is 66.9 Å². The Kier molecular flexibility index (Phi) is 11.5. The third-order valence-corrected chi connectivity index (χ3v) is 6.07. The van der Waals surface area contributed by atoms with Gasteiger partial charge in [-0.1, -0.05) is 61.4 Å². The molecule has 0 radical (unpaired) electrons. The van der Waals surface area contributed by atoms with Crippen LogP contribution in [0.5, 0.6) is 5.75 Å². The molecule has 3 aromatic rings. The maximum atomic E-state index is 12.5. The molecule has 1 aromatic heterocycles. The molecule has 2 N–H and O–H groups in total. The van der Waals surface area contributed by atoms with Gasteiger partial charge in [-0.25, -0.2) is 0 Å². The Morgan fingerprint density at radius 2 is 1.58 bits per heavy atom. The number of aromatic nitrogens is 1. The van der Waals surface area contributed by atoms with Crippen LogP contribution in [0.15, 0.2) is 79.1 Å². The minimum Gasteiger partial charge on any atom is -0.489 e. The zero-order valence-electron chi connectivity index (χ0n) is 20.8. The Balaban J connectivity index is 1.40. The van der Waals surface area contributed by atoms with E-state index >= 15 is 0 Å². The quantitative estimate of drug-likeness (QED) is 0.251. The van der Waals surface area contributed by atoms with Crippen molar-refractivity contribution in [2.24, 2.45) is 0 Å². The first kappa shape index (κ1) is 26.9. The number of benzene rings is 2. The van der Waals surface area contributed by atoms with Crippen molar-refractivity contribution in [1.82, 2.24) is 10.3 Å². The van der Waals surface area contributed by atoms with Crippen molar-refractivity contribution >= 4 is 11.9 Å². The third-order valence-electron chi connectivity index (χ3n) is 6.07. The number of amides is 1. The minimum atomic E-state index is -0.854. The fraction of sp³-hybridized carbons (Fsp3) is 0.367. The number of carbonyl (C=O) groups excluding carboxylic acids is 1. The lowest BCUT2D eigenvalue weighted by molar-refractivity contribution is -0.137. The van der Waals surface area contributed by atoms with Gasteiger partial charge in [-0.3, -0.25) is 14.6 Å². The summed E-state index contributed by atoms with van der Waals surface area (Å²) in [5.41, 5.74) is 3.38. The summed E-state index contributed by atoms with van der Waals surface area (Å²) in [6.07, 6.45) is 10.1. The van der Waals surface area contributed by atoms with Crippen LogP contribution in [-0.2, 0) is 29.0 Å². The Labute approximate surface area is 213 Å². The van der Waals surface area contributed by atoms with Gasteiger partial charge in [0, 0.05) is 31.3 Å². The third kappa shape index (κ3) is 10.7. The predicted octanol–water partition coefficient (Wildman–Crippen LogP) is 5.75. The molecule has 0 unspecified atom stereocenters. The largest absolute Gasteiger partial charge is 0.489 e. The predicted molar refractivity (Wildman–Crippen MR) is 141 cm³/mol. The van der Waals surface area contributed by atoms with Crippen molar-refractivity contribution in [1.29, 1.82) is 0 Å². The number of nitrogens with one attached hydrogen (secondary N) is 1. The van der Waals surface area contributed by atoms with E-state index in [4.69, 9.17) is 9.84 Å². The number of hydrogen-bond acceptors (Lipinski definition) is 4. The first-order valence-corrected chi connectivity index (χ1v) is 12.7. The number of hydrogen-bond donors (Lipinski definition) is 2. The molecule has 6 nitrogen and oxygen atoms in total. The van der Waals surface area contributed by atoms with Crippen molar-refractivity contribution in [3.8, 4) is 5.75 Å². The highest BCUT2D eigenvalue weighted by Gasteiger charge is 2.15. The average Bonchev–Trinajstić information content (AvgIpc) is 2.90. The topological polar surface area (TPSA) is 88.5 Å². The van der Waals surface area contributed by atoms with Gasteiger partial charge in [-0.05, 0) is 67.0 Å². The zero-order valence-corrected chi connectivity index (χ0v) is 20.8. The number of carbonyl (C=O) groups is 2. The van der Waals surface area contributed by atoms with Crippen LogP contribution < -0.4 is 10.1 Å². The van der Waals surface area contributed by atoms with E-state index in [0.29, 0.717) is 25.9 Å². The molecule has 1 amide bonds. The number of ether oxygens (including phenoxy) is 1. The fourth-order valence-corrected chi connectivity index (χ4v) is 4.08. The Hall–Kier alpha value is -3.67. The van der Waals surface area contributed by atoms with Crippen LogP contribution in [0.4, 0.5) is 0 Å². The summed E-state index contributed by atoms with van der Waals surface area (Å²) in [5.74, 6) is -0.0924. The van der Waals surface area contributed by atoms with Crippen molar-refractivity contribution in [2.75, 3.05) is 0 Å². The van der Waals surface area contributed by atoms with Crippen LogP contribution in [0.3, 0.4) is 0 Å². The van der Waals surface area contributed by atoms with Crippen LogP contribution in [0, 0.1) is 0 Å². The van der Waals surface area contributed by atoms with Gasteiger partial charge in [-0.2, -0.15) is 0 Å². The number of unbranched alkanes of at least 4 members (excludes halogenated alkanes) is 3. The van der Waals surface area contributed by atoms with Gasteiger partial charge in [0.2, 0.25) is 5.91 Å². The summed E-state index contributed by atoms with van der Waals surface area (Å²) in [6.45, 7) is 0.501. The molecule has 0 bridgehead atoms. The summed E-state index contributed by atoms with van der Waals surface area (Å²) >= 11 is 0. The van der Waals surface area contributed by atoms with Gasteiger partial charge in [0.15, 0.2) is 0 Å². The van der Waals surface area contributed by atoms with Crippen molar-refractivity contribution in [3.05, 3.63) is 95.8 Å². The van der Waals surface area contributed by atoms with E-state index < -0.39 is 5.97 Å². The van der Waals surface area contributed by atoms with Gasteiger partial charge in [-0.15, -0.1) is 0 Å². The Morgan fingerprint density at radius 1 is 0.833 bits per heavy atom. The van der Waals surface area contributed by atoms with Crippen molar-refractivity contribution < 1.29 is 19.4 Å². The smallest absolute Gasteiger partial charge is 0.303 e. The monoisotopic (exact) mass is 488 g/mol. The normalized spacial score (nSPS) is 11.6. The number of rotatable bonds is 16. The van der Waals surface area contributed by atoms with E-state index in [2.05, 4.69) is 16.4 Å². The molecule has 0 aliphatic rings. The Bertz CT molecular complexity index is 1040. The number of carboxylic acids is 1. The fourth-order valence-electron chi connectivity index (χ4n) is 4.08. The molecular formula is C30H36N2O4. The van der Waals surface area contributed by atoms with Gasteiger partial charge in [0.05, 0.1) is 0 Å². The van der Waals surface area contributed by atoms with Crippen molar-refractivity contribution in [3.63, 3.8) is 0 Å². The highest BCUT2D eigenvalue weighted by atomic mass is 16.5. The summed E-state index contributed by atoms with van der Waals surface area (Å²) in [5, 5.41) is 12.2. The van der Waals surface area contributed by atoms with Crippen LogP contribution in [-0.4, -0.2) is 28.0 Å². The molecule has 3 rings (SSSR count). The number of carboxylic acid groups (broad SMARTS) is 1. The van der Waals surface area contributed by atoms with Gasteiger partial charge in [0.1, 0.15) is 12.4 Å². The molecule has 0 aliphatic heterocycles. The van der Waals surface area contributed by atoms with Gasteiger partial charge < -0.3 is 15.2 Å². The molecule has 36 heavy (non-hydrogen) atoms. The highest BCUT2D eigenvalue weighted by Crippen LogP contribution is 2.17. The lowest BCUT2D eigenvalue weighted by Gasteiger charge is -2.18. The second-order valence-corrected chi connectivity index (χ2v) is 9.09. The summed E-state index contributed by atoms with van der Waals surface area (Å²) in [6, 6.07) is 21.6. The molecule has 0 aliphatic carbocycles. The minimum absolute atomic E-state index is 0.0135. The maximum absolute atomic E-state index is 12.5. The van der Waals surface area contributed by atoms with Gasteiger partial charge >= 0.3 is 5.97 Å². The van der Waals surface area contributed by atoms with E-state index in [0.717, 1.165) is 49.0 Å². The van der Waals surface area contributed by atoms with Crippen LogP contribution >= 0.6 is 0 Å². The lowest BCUT2D eigenvalue weighted by atomic mass is 10.0. The van der Waals surface area contributed by atoms with Crippen LogP contribution in [0.25, 0.3) is 0 Å². The maximum Gasteiger partial charge on any atom is 0.303 e. The molecule has 6 heteroatoms. The first-order chi connectivity index (χ1) is 17.6. The molecule has 0 spiro atoms. The van der Waals surface area contributed by atoms with E-state index in [9.17, 15) is 9.59 Å². The molecule has 1 atom stereocenters. The van der Waals surface area contributed by atoms with Crippen LogP contribution in [0.1, 0.15) is 61.6 Å². The summed E-state index contributed by atoms with van der Waals surface area (Å²) < 4.78 is 5.84. The summed E-state index contributed by atoms with van der Waals surface area (Å²) in [4.78, 5) is 27.8. The van der Waals surface area contributed by atoms with Crippen molar-refractivity contribution in [2.45, 2.75) is 70.4 Å². The molecule has 190 valence electrons. The second kappa shape index (κ2) is 15.4. The molecule has 1 heterocycles. The lowest BCUT2D eigenvalue weighted by Crippen LogP contribution is -2.36. The molecular weight excluding hydrogens is 452 g/mol. The highest BCUT2D eigenvalue weighted by molar-refractivity contribution is 5.76. The zero-order chi connectivity index (χ0) is 25.4. The SMILES string of the molecule is O=C(O)CC[C@@H](Cc1ccc(OCc2ccccc2)cc1)NC(=O)CCCCCCc1cccnc1. The average molecular weight is 489 g/mol. The number of aliphatic carboxylic acids is 1. The first-order valence-electron chi connectivity index (χ1n) is 12.7. The molecule has 0 saturated carbocycles. The number of aryl methyl sites for hydroxylation is 1. The van der Waals surface area contributed by atoms with E-state index in [-0.39, 0.29) is 18.4 Å². The molecule has 2 aromatic carbocycles. The number of pyridine rings is 1. The van der Waals surface area contributed by atoms with E-state index in [1.165, 1.54) is 5.56 Å². The number of nitrogens with zero attached hydrogens (tertiary/aromatic N) is 1. The standard InChI is InChI=1S/C30H36N2O4/c33-29(13-7-2-1-4-9-25-12-8-20-31-22-25)32-27(16-19-30(34)35)21-24-14-17-28(18-15-24)36-23-26-10-5-3-6-11-26/h3,5-6,8,10-12,14-15,17-18,20,22,27H,1-2,4,7,9,13,16,19,21,23H2,(H,32,33)(H,34,35)/t27-/m0/s1. The Morgan fingerprint density at radius 3 is 2.31 bits per heavy atom. The second-order valence-electron chi connectivity index (χ2n) is 9.09. The van der Waals surface area contributed by atoms with Crippen LogP contribution in [0.2, 0.25) is 0 Å².